The summed E-state index contributed by atoms with van der Waals surface area (Å²) in [6.45, 7) is 9.43. The van der Waals surface area contributed by atoms with Crippen LogP contribution in [-0.2, 0) is 4.79 Å². The molecule has 1 aromatic heterocycles. The summed E-state index contributed by atoms with van der Waals surface area (Å²) in [5, 5.41) is 6.37. The van der Waals surface area contributed by atoms with Crippen LogP contribution in [-0.4, -0.2) is 35.4 Å². The molecule has 4 nitrogen and oxygen atoms in total. The van der Waals surface area contributed by atoms with Gasteiger partial charge in [-0.2, -0.15) is 0 Å². The third kappa shape index (κ3) is 5.17. The number of nitrogens with zero attached hydrogens (tertiary/aromatic N) is 2. The Kier molecular flexibility index (Phi) is 6.51. The summed E-state index contributed by atoms with van der Waals surface area (Å²) in [6.07, 6.45) is 12.6. The monoisotopic (exact) mass is 375 g/mol. The van der Waals surface area contributed by atoms with E-state index in [4.69, 9.17) is 0 Å². The molecule has 144 valence electrons. The molecule has 1 aliphatic carbocycles. The van der Waals surface area contributed by atoms with E-state index in [1.807, 2.05) is 32.3 Å². The summed E-state index contributed by atoms with van der Waals surface area (Å²) < 4.78 is 0. The van der Waals surface area contributed by atoms with Gasteiger partial charge in [0.25, 0.3) is 0 Å². The van der Waals surface area contributed by atoms with Crippen molar-refractivity contribution in [1.29, 1.82) is 0 Å². The lowest BCUT2D eigenvalue weighted by atomic mass is 9.87. The van der Waals surface area contributed by atoms with Crippen LogP contribution in [0.5, 0.6) is 0 Å². The fraction of sp³-hybridized carbons (Fsp3) is 0.714. The number of thiazole rings is 1. The quantitative estimate of drug-likeness (QED) is 0.775. The van der Waals surface area contributed by atoms with Crippen LogP contribution in [0.25, 0.3) is 0 Å². The Morgan fingerprint density at radius 1 is 1.31 bits per heavy atom. The summed E-state index contributed by atoms with van der Waals surface area (Å²) in [4.78, 5) is 19.7. The van der Waals surface area contributed by atoms with Crippen molar-refractivity contribution >= 4 is 17.2 Å². The first-order valence-electron chi connectivity index (χ1n) is 10.0. The Hall–Kier alpha value is -1.20. The van der Waals surface area contributed by atoms with Gasteiger partial charge in [-0.05, 0) is 57.0 Å². The molecule has 26 heavy (non-hydrogen) atoms. The second-order valence-electron chi connectivity index (χ2n) is 8.86. The van der Waals surface area contributed by atoms with Gasteiger partial charge in [0.1, 0.15) is 5.01 Å². The van der Waals surface area contributed by atoms with Crippen molar-refractivity contribution < 1.29 is 4.79 Å². The van der Waals surface area contributed by atoms with Crippen LogP contribution in [0.4, 0.5) is 0 Å². The van der Waals surface area contributed by atoms with Crippen molar-refractivity contribution in [3.63, 3.8) is 0 Å². The summed E-state index contributed by atoms with van der Waals surface area (Å²) >= 11 is 1.66. The van der Waals surface area contributed by atoms with Gasteiger partial charge < -0.3 is 10.2 Å². The first-order valence-corrected chi connectivity index (χ1v) is 10.9. The highest BCUT2D eigenvalue weighted by Gasteiger charge is 2.33. The van der Waals surface area contributed by atoms with Gasteiger partial charge >= 0.3 is 0 Å². The Bertz CT molecular complexity index is 597. The fourth-order valence-electron chi connectivity index (χ4n) is 3.98. The largest absolute Gasteiger partial charge is 0.346 e. The smallest absolute Gasteiger partial charge is 0.225 e. The predicted octanol–water partition coefficient (Wildman–Crippen LogP) is 4.41. The molecule has 2 heterocycles. The van der Waals surface area contributed by atoms with E-state index in [1.165, 1.54) is 25.8 Å². The molecule has 2 unspecified atom stereocenters. The Labute approximate surface area is 162 Å². The van der Waals surface area contributed by atoms with Crippen LogP contribution in [0, 0.1) is 17.3 Å². The average Bonchev–Trinajstić information content (AvgIpc) is 3.15. The van der Waals surface area contributed by atoms with E-state index in [9.17, 15) is 4.79 Å². The van der Waals surface area contributed by atoms with Crippen LogP contribution in [0.15, 0.2) is 23.7 Å². The average molecular weight is 376 g/mol. The Balaban J connectivity index is 1.58. The van der Waals surface area contributed by atoms with E-state index in [-0.39, 0.29) is 17.4 Å². The van der Waals surface area contributed by atoms with E-state index in [0.717, 1.165) is 36.9 Å². The molecule has 0 saturated carbocycles. The SMILES string of the molecule is CC(C)(C)C(=O)NC(c1nccs1)C1CCN(CC2CC=CCC2)CC1. The number of amides is 1. The van der Waals surface area contributed by atoms with Crippen LogP contribution < -0.4 is 5.32 Å². The predicted molar refractivity (Wildman–Crippen MR) is 108 cm³/mol. The Morgan fingerprint density at radius 2 is 2.08 bits per heavy atom. The Morgan fingerprint density at radius 3 is 2.65 bits per heavy atom. The maximum atomic E-state index is 12.6. The summed E-state index contributed by atoms with van der Waals surface area (Å²) in [7, 11) is 0. The lowest BCUT2D eigenvalue weighted by Crippen LogP contribution is -2.44. The van der Waals surface area contributed by atoms with Gasteiger partial charge in [-0.25, -0.2) is 4.98 Å². The van der Waals surface area contributed by atoms with Crippen LogP contribution in [0.3, 0.4) is 0 Å². The summed E-state index contributed by atoms with van der Waals surface area (Å²) in [5.41, 5.74) is -0.370. The fourth-order valence-corrected chi connectivity index (χ4v) is 4.76. The third-order valence-corrected chi connectivity index (χ3v) is 6.54. The van der Waals surface area contributed by atoms with Crippen molar-refractivity contribution in [2.24, 2.45) is 17.3 Å². The van der Waals surface area contributed by atoms with E-state index < -0.39 is 0 Å². The van der Waals surface area contributed by atoms with Crippen molar-refractivity contribution in [2.75, 3.05) is 19.6 Å². The minimum atomic E-state index is -0.370. The van der Waals surface area contributed by atoms with Gasteiger partial charge in [0.05, 0.1) is 6.04 Å². The molecule has 1 fully saturated rings. The number of rotatable bonds is 5. The molecule has 2 atom stereocenters. The normalized spacial score (nSPS) is 23.7. The van der Waals surface area contributed by atoms with E-state index in [1.54, 1.807) is 11.3 Å². The molecule has 1 aliphatic heterocycles. The molecule has 1 saturated heterocycles. The third-order valence-electron chi connectivity index (χ3n) is 5.68. The van der Waals surface area contributed by atoms with Gasteiger partial charge in [0, 0.05) is 23.5 Å². The topological polar surface area (TPSA) is 45.2 Å². The zero-order chi connectivity index (χ0) is 18.6. The number of nitrogens with one attached hydrogen (secondary N) is 1. The number of hydrogen-bond acceptors (Lipinski definition) is 4. The van der Waals surface area contributed by atoms with Crippen LogP contribution in [0.2, 0.25) is 0 Å². The minimum absolute atomic E-state index is 0.0569. The molecule has 0 bridgehead atoms. The highest BCUT2D eigenvalue weighted by atomic mass is 32.1. The lowest BCUT2D eigenvalue weighted by molar-refractivity contribution is -0.129. The van der Waals surface area contributed by atoms with Gasteiger partial charge in [-0.15, -0.1) is 11.3 Å². The second kappa shape index (κ2) is 8.66. The molecule has 2 aliphatic rings. The molecule has 0 aromatic carbocycles. The second-order valence-corrected chi connectivity index (χ2v) is 9.79. The van der Waals surface area contributed by atoms with E-state index in [2.05, 4.69) is 27.4 Å². The summed E-state index contributed by atoms with van der Waals surface area (Å²) in [5.74, 6) is 1.43. The van der Waals surface area contributed by atoms with Crippen LogP contribution in [0.1, 0.15) is 63.9 Å². The van der Waals surface area contributed by atoms with E-state index >= 15 is 0 Å². The van der Waals surface area contributed by atoms with Crippen molar-refractivity contribution in [3.05, 3.63) is 28.7 Å². The number of aromatic nitrogens is 1. The van der Waals surface area contributed by atoms with Gasteiger partial charge in [0.15, 0.2) is 0 Å². The number of carbonyl (C=O) groups excluding carboxylic acids is 1. The number of allylic oxidation sites excluding steroid dienone is 2. The maximum absolute atomic E-state index is 12.6. The van der Waals surface area contributed by atoms with Crippen molar-refractivity contribution in [2.45, 2.75) is 58.9 Å². The highest BCUT2D eigenvalue weighted by molar-refractivity contribution is 7.09. The highest BCUT2D eigenvalue weighted by Crippen LogP contribution is 2.33. The number of likely N-dealkylation sites (tertiary alicyclic amines) is 1. The molecule has 0 spiro atoms. The van der Waals surface area contributed by atoms with Crippen molar-refractivity contribution in [1.82, 2.24) is 15.2 Å². The number of piperidine rings is 1. The molecule has 1 amide bonds. The maximum Gasteiger partial charge on any atom is 0.225 e. The molecular formula is C21H33N3OS. The molecule has 1 N–H and O–H groups in total. The molecule has 3 rings (SSSR count). The van der Waals surface area contributed by atoms with Gasteiger partial charge in [0.2, 0.25) is 5.91 Å². The number of carbonyl (C=O) groups is 1. The molecular weight excluding hydrogens is 342 g/mol. The minimum Gasteiger partial charge on any atom is -0.346 e. The zero-order valence-corrected chi connectivity index (χ0v) is 17.2. The standard InChI is InChI=1S/C21H33N3OS/c1-21(2,3)20(25)23-18(19-22-11-14-26-19)17-9-12-24(13-10-17)15-16-7-5-4-6-8-16/h4-5,11,14,16-18H,6-10,12-13,15H2,1-3H3,(H,23,25). The molecule has 1 aromatic rings. The lowest BCUT2D eigenvalue weighted by Gasteiger charge is -2.38. The first kappa shape index (κ1) is 19.6. The zero-order valence-electron chi connectivity index (χ0n) is 16.4. The van der Waals surface area contributed by atoms with Crippen molar-refractivity contribution in [3.8, 4) is 0 Å². The van der Waals surface area contributed by atoms with Gasteiger partial charge in [-0.1, -0.05) is 32.9 Å². The number of hydrogen-bond donors (Lipinski definition) is 1. The summed E-state index contributed by atoms with van der Waals surface area (Å²) in [6, 6.07) is 0.0569. The van der Waals surface area contributed by atoms with Gasteiger partial charge in [-0.3, -0.25) is 4.79 Å². The van der Waals surface area contributed by atoms with Crippen LogP contribution >= 0.6 is 11.3 Å². The first-order chi connectivity index (χ1) is 12.4. The van der Waals surface area contributed by atoms with E-state index in [0.29, 0.717) is 5.92 Å². The molecule has 0 radical (unpaired) electrons. The molecule has 5 heteroatoms.